The molecular weight excluding hydrogens is 228 g/mol. The van der Waals surface area contributed by atoms with Crippen molar-refractivity contribution in [1.82, 2.24) is 10.6 Å². The number of rotatable bonds is 6. The highest BCUT2D eigenvalue weighted by Crippen LogP contribution is 2.19. The van der Waals surface area contributed by atoms with Gasteiger partial charge in [0.15, 0.2) is 6.61 Å². The third-order valence-corrected chi connectivity index (χ3v) is 2.39. The minimum Gasteiger partial charge on any atom is -0.483 e. The second-order valence-electron chi connectivity index (χ2n) is 4.65. The predicted molar refractivity (Wildman–Crippen MR) is 72.7 cm³/mol. The minimum atomic E-state index is -0.0963. The summed E-state index contributed by atoms with van der Waals surface area (Å²) in [6.07, 6.45) is 0. The molecule has 0 bridgehead atoms. The molecule has 18 heavy (non-hydrogen) atoms. The SMILES string of the molecule is CNCc1cc(C)ccc1OCC(=O)NC(C)C. The molecule has 0 aromatic heterocycles. The van der Waals surface area contributed by atoms with Crippen molar-refractivity contribution in [3.8, 4) is 5.75 Å². The lowest BCUT2D eigenvalue weighted by atomic mass is 10.1. The van der Waals surface area contributed by atoms with Crippen LogP contribution in [0.3, 0.4) is 0 Å². The fourth-order valence-electron chi connectivity index (χ4n) is 1.68. The van der Waals surface area contributed by atoms with Gasteiger partial charge in [-0.05, 0) is 33.9 Å². The van der Waals surface area contributed by atoms with E-state index in [1.165, 1.54) is 5.56 Å². The molecule has 1 aromatic rings. The van der Waals surface area contributed by atoms with Gasteiger partial charge in [0.2, 0.25) is 0 Å². The molecule has 0 unspecified atom stereocenters. The monoisotopic (exact) mass is 250 g/mol. The number of aryl methyl sites for hydroxylation is 1. The van der Waals surface area contributed by atoms with Crippen LogP contribution in [0.15, 0.2) is 18.2 Å². The number of hydrogen-bond acceptors (Lipinski definition) is 3. The molecule has 0 saturated heterocycles. The third-order valence-electron chi connectivity index (χ3n) is 2.39. The highest BCUT2D eigenvalue weighted by atomic mass is 16.5. The van der Waals surface area contributed by atoms with Crippen molar-refractivity contribution in [2.75, 3.05) is 13.7 Å². The van der Waals surface area contributed by atoms with Crippen molar-refractivity contribution < 1.29 is 9.53 Å². The Balaban J connectivity index is 2.63. The van der Waals surface area contributed by atoms with E-state index in [4.69, 9.17) is 4.74 Å². The number of carbonyl (C=O) groups excluding carboxylic acids is 1. The molecule has 0 atom stereocenters. The van der Waals surface area contributed by atoms with E-state index in [9.17, 15) is 4.79 Å². The van der Waals surface area contributed by atoms with Gasteiger partial charge in [-0.3, -0.25) is 4.79 Å². The predicted octanol–water partition coefficient (Wildman–Crippen LogP) is 1.62. The van der Waals surface area contributed by atoms with E-state index in [1.807, 2.05) is 40.0 Å². The molecule has 0 fully saturated rings. The zero-order chi connectivity index (χ0) is 13.5. The van der Waals surface area contributed by atoms with Crippen molar-refractivity contribution in [1.29, 1.82) is 0 Å². The van der Waals surface area contributed by atoms with Crippen LogP contribution in [0.5, 0.6) is 5.75 Å². The molecule has 1 amide bonds. The average Bonchev–Trinajstić information content (AvgIpc) is 2.27. The smallest absolute Gasteiger partial charge is 0.258 e. The van der Waals surface area contributed by atoms with Gasteiger partial charge in [0.25, 0.3) is 5.91 Å². The maximum absolute atomic E-state index is 11.5. The van der Waals surface area contributed by atoms with Crippen molar-refractivity contribution in [3.63, 3.8) is 0 Å². The summed E-state index contributed by atoms with van der Waals surface area (Å²) >= 11 is 0. The lowest BCUT2D eigenvalue weighted by Crippen LogP contribution is -2.34. The molecule has 0 radical (unpaired) electrons. The largest absolute Gasteiger partial charge is 0.483 e. The van der Waals surface area contributed by atoms with E-state index in [0.717, 1.165) is 17.9 Å². The van der Waals surface area contributed by atoms with E-state index in [2.05, 4.69) is 16.7 Å². The normalized spacial score (nSPS) is 10.5. The molecule has 0 spiro atoms. The van der Waals surface area contributed by atoms with Gasteiger partial charge in [-0.25, -0.2) is 0 Å². The van der Waals surface area contributed by atoms with E-state index in [0.29, 0.717) is 0 Å². The number of benzene rings is 1. The van der Waals surface area contributed by atoms with Crippen molar-refractivity contribution in [2.24, 2.45) is 0 Å². The van der Waals surface area contributed by atoms with Crippen molar-refractivity contribution in [3.05, 3.63) is 29.3 Å². The van der Waals surface area contributed by atoms with Gasteiger partial charge in [-0.1, -0.05) is 17.7 Å². The second-order valence-corrected chi connectivity index (χ2v) is 4.65. The van der Waals surface area contributed by atoms with Crippen LogP contribution in [0.1, 0.15) is 25.0 Å². The molecule has 4 nitrogen and oxygen atoms in total. The molecule has 0 aliphatic heterocycles. The van der Waals surface area contributed by atoms with Crippen LogP contribution in [0, 0.1) is 6.92 Å². The highest BCUT2D eigenvalue weighted by Gasteiger charge is 2.07. The Labute approximate surface area is 109 Å². The summed E-state index contributed by atoms with van der Waals surface area (Å²) < 4.78 is 5.56. The summed E-state index contributed by atoms with van der Waals surface area (Å²) in [6, 6.07) is 6.09. The number of amides is 1. The van der Waals surface area contributed by atoms with Gasteiger partial charge in [-0.2, -0.15) is 0 Å². The van der Waals surface area contributed by atoms with Gasteiger partial charge < -0.3 is 15.4 Å². The zero-order valence-electron chi connectivity index (χ0n) is 11.5. The zero-order valence-corrected chi connectivity index (χ0v) is 11.5. The van der Waals surface area contributed by atoms with Crippen LogP contribution in [-0.4, -0.2) is 25.6 Å². The summed E-state index contributed by atoms with van der Waals surface area (Å²) in [5, 5.41) is 5.89. The van der Waals surface area contributed by atoms with Gasteiger partial charge in [-0.15, -0.1) is 0 Å². The van der Waals surface area contributed by atoms with Crippen LogP contribution in [0.4, 0.5) is 0 Å². The Kier molecular flexibility index (Phi) is 5.65. The Morgan fingerprint density at radius 2 is 2.11 bits per heavy atom. The first-order valence-electron chi connectivity index (χ1n) is 6.19. The van der Waals surface area contributed by atoms with Crippen LogP contribution < -0.4 is 15.4 Å². The first-order valence-corrected chi connectivity index (χ1v) is 6.19. The van der Waals surface area contributed by atoms with Gasteiger partial charge in [0.1, 0.15) is 5.75 Å². The highest BCUT2D eigenvalue weighted by molar-refractivity contribution is 5.77. The van der Waals surface area contributed by atoms with E-state index in [-0.39, 0.29) is 18.6 Å². The summed E-state index contributed by atoms with van der Waals surface area (Å²) in [5.74, 6) is 0.662. The van der Waals surface area contributed by atoms with Gasteiger partial charge >= 0.3 is 0 Å². The first-order chi connectivity index (χ1) is 8.52. The number of nitrogens with one attached hydrogen (secondary N) is 2. The molecule has 0 aliphatic carbocycles. The molecule has 0 heterocycles. The number of ether oxygens (including phenoxy) is 1. The molecular formula is C14H22N2O2. The lowest BCUT2D eigenvalue weighted by Gasteiger charge is -2.13. The maximum Gasteiger partial charge on any atom is 0.258 e. The summed E-state index contributed by atoms with van der Waals surface area (Å²) in [4.78, 5) is 11.5. The van der Waals surface area contributed by atoms with Crippen molar-refractivity contribution >= 4 is 5.91 Å². The number of carbonyl (C=O) groups is 1. The average molecular weight is 250 g/mol. The molecule has 100 valence electrons. The van der Waals surface area contributed by atoms with Crippen LogP contribution in [0.2, 0.25) is 0 Å². The van der Waals surface area contributed by atoms with Crippen molar-refractivity contribution in [2.45, 2.75) is 33.4 Å². The maximum atomic E-state index is 11.5. The molecule has 1 rings (SSSR count). The van der Waals surface area contributed by atoms with E-state index in [1.54, 1.807) is 0 Å². The van der Waals surface area contributed by atoms with Crippen LogP contribution in [0.25, 0.3) is 0 Å². The van der Waals surface area contributed by atoms with Gasteiger partial charge in [0.05, 0.1) is 0 Å². The summed E-state index contributed by atoms with van der Waals surface area (Å²) in [5.41, 5.74) is 2.24. The lowest BCUT2D eigenvalue weighted by molar-refractivity contribution is -0.123. The number of hydrogen-bond donors (Lipinski definition) is 2. The van der Waals surface area contributed by atoms with E-state index < -0.39 is 0 Å². The molecule has 0 aliphatic rings. The Morgan fingerprint density at radius 1 is 1.39 bits per heavy atom. The fourth-order valence-corrected chi connectivity index (χ4v) is 1.68. The van der Waals surface area contributed by atoms with Crippen LogP contribution >= 0.6 is 0 Å². The third kappa shape index (κ3) is 4.75. The fraction of sp³-hybridized carbons (Fsp3) is 0.500. The molecule has 0 saturated carbocycles. The molecule has 2 N–H and O–H groups in total. The first kappa shape index (κ1) is 14.5. The Morgan fingerprint density at radius 3 is 2.72 bits per heavy atom. The van der Waals surface area contributed by atoms with E-state index >= 15 is 0 Å². The quantitative estimate of drug-likeness (QED) is 0.806. The van der Waals surface area contributed by atoms with Crippen LogP contribution in [-0.2, 0) is 11.3 Å². The topological polar surface area (TPSA) is 50.4 Å². The summed E-state index contributed by atoms with van der Waals surface area (Å²) in [6.45, 7) is 6.67. The Hall–Kier alpha value is -1.55. The summed E-state index contributed by atoms with van der Waals surface area (Å²) in [7, 11) is 1.89. The molecule has 4 heteroatoms. The van der Waals surface area contributed by atoms with Gasteiger partial charge in [0, 0.05) is 18.2 Å². The molecule has 1 aromatic carbocycles. The minimum absolute atomic E-state index is 0.0535. The Bertz CT molecular complexity index is 403. The standard InChI is InChI=1S/C14H22N2O2/c1-10(2)16-14(17)9-18-13-6-5-11(3)7-12(13)8-15-4/h5-7,10,15H,8-9H2,1-4H3,(H,16,17). The second kappa shape index (κ2) is 7.01.